The highest BCUT2D eigenvalue weighted by molar-refractivity contribution is 5.87. The van der Waals surface area contributed by atoms with E-state index in [4.69, 9.17) is 5.26 Å². The molecule has 0 bridgehead atoms. The molecule has 0 aromatic rings. The molecule has 1 rings (SSSR count). The van der Waals surface area contributed by atoms with Gasteiger partial charge >= 0.3 is 0 Å². The molecular weight excluding hydrogens is 162 g/mol. The Kier molecular flexibility index (Phi) is 2.87. The Balaban J connectivity index is 2.77. The summed E-state index contributed by atoms with van der Waals surface area (Å²) in [5.41, 5.74) is -0.308. The predicted octanol–water partition coefficient (Wildman–Crippen LogP) is 2.46. The average molecular weight is 177 g/mol. The molecule has 0 radical (unpaired) electrons. The van der Waals surface area contributed by atoms with Crippen LogP contribution in [-0.2, 0) is 4.79 Å². The zero-order valence-electron chi connectivity index (χ0n) is 8.05. The van der Waals surface area contributed by atoms with Crippen molar-refractivity contribution in [2.75, 3.05) is 0 Å². The highest BCUT2D eigenvalue weighted by Crippen LogP contribution is 2.44. The van der Waals surface area contributed by atoms with Crippen molar-refractivity contribution >= 4 is 5.78 Å². The van der Waals surface area contributed by atoms with Crippen LogP contribution in [0.1, 0.15) is 32.6 Å². The topological polar surface area (TPSA) is 40.9 Å². The lowest BCUT2D eigenvalue weighted by Gasteiger charge is -2.26. The fourth-order valence-electron chi connectivity index (χ4n) is 2.12. The van der Waals surface area contributed by atoms with E-state index in [-0.39, 0.29) is 11.3 Å². The standard InChI is InChI=1S/C11H15NO/c1-3-9-5-6-10(13)11(9,2)7-4-8-12/h3,9H,1,4-7H2,2H3/t9-,11+/m1/s1. The first kappa shape index (κ1) is 9.98. The fraction of sp³-hybridized carbons (Fsp3) is 0.636. The van der Waals surface area contributed by atoms with Gasteiger partial charge in [0.2, 0.25) is 0 Å². The monoisotopic (exact) mass is 177 g/mol. The van der Waals surface area contributed by atoms with E-state index in [9.17, 15) is 4.79 Å². The van der Waals surface area contributed by atoms with Crippen LogP contribution >= 0.6 is 0 Å². The molecule has 0 saturated heterocycles. The van der Waals surface area contributed by atoms with E-state index >= 15 is 0 Å². The van der Waals surface area contributed by atoms with Crippen LogP contribution < -0.4 is 0 Å². The van der Waals surface area contributed by atoms with Crippen molar-refractivity contribution < 1.29 is 4.79 Å². The molecule has 1 fully saturated rings. The van der Waals surface area contributed by atoms with Crippen LogP contribution in [0.5, 0.6) is 0 Å². The number of nitrogens with zero attached hydrogens (tertiary/aromatic N) is 1. The summed E-state index contributed by atoms with van der Waals surface area (Å²) in [5.74, 6) is 0.570. The number of nitriles is 1. The van der Waals surface area contributed by atoms with Gasteiger partial charge in [0.25, 0.3) is 0 Å². The van der Waals surface area contributed by atoms with E-state index in [1.54, 1.807) is 0 Å². The van der Waals surface area contributed by atoms with Gasteiger partial charge in [-0.1, -0.05) is 13.0 Å². The maximum atomic E-state index is 11.6. The number of hydrogen-bond acceptors (Lipinski definition) is 2. The second-order valence-electron chi connectivity index (χ2n) is 3.88. The normalized spacial score (nSPS) is 32.9. The molecule has 0 amide bonds. The molecule has 0 heterocycles. The molecule has 70 valence electrons. The lowest BCUT2D eigenvalue weighted by atomic mass is 9.75. The molecule has 0 unspecified atom stereocenters. The van der Waals surface area contributed by atoms with Crippen molar-refractivity contribution in [1.82, 2.24) is 0 Å². The summed E-state index contributed by atoms with van der Waals surface area (Å²) < 4.78 is 0. The minimum Gasteiger partial charge on any atom is -0.299 e. The third-order valence-corrected chi connectivity index (χ3v) is 3.18. The Morgan fingerprint density at radius 1 is 1.85 bits per heavy atom. The lowest BCUT2D eigenvalue weighted by molar-refractivity contribution is -0.126. The van der Waals surface area contributed by atoms with E-state index < -0.39 is 0 Å². The van der Waals surface area contributed by atoms with Crippen molar-refractivity contribution in [2.24, 2.45) is 11.3 Å². The Hall–Kier alpha value is -1.10. The Bertz CT molecular complexity index is 264. The van der Waals surface area contributed by atoms with Gasteiger partial charge in [0.1, 0.15) is 5.78 Å². The molecular formula is C11H15NO. The maximum absolute atomic E-state index is 11.6. The Labute approximate surface area is 79.2 Å². The first-order valence-corrected chi connectivity index (χ1v) is 4.68. The quantitative estimate of drug-likeness (QED) is 0.621. The van der Waals surface area contributed by atoms with Crippen LogP contribution in [-0.4, -0.2) is 5.78 Å². The molecule has 0 spiro atoms. The van der Waals surface area contributed by atoms with Crippen LogP contribution in [0.15, 0.2) is 12.7 Å². The number of carbonyl (C=O) groups is 1. The number of hydrogen-bond donors (Lipinski definition) is 0. The summed E-state index contributed by atoms with van der Waals surface area (Å²) >= 11 is 0. The van der Waals surface area contributed by atoms with Crippen molar-refractivity contribution in [3.8, 4) is 6.07 Å². The molecule has 13 heavy (non-hydrogen) atoms. The molecule has 1 aliphatic carbocycles. The van der Waals surface area contributed by atoms with Gasteiger partial charge in [-0.2, -0.15) is 5.26 Å². The predicted molar refractivity (Wildman–Crippen MR) is 50.9 cm³/mol. The molecule has 0 aliphatic heterocycles. The van der Waals surface area contributed by atoms with Gasteiger partial charge in [-0.15, -0.1) is 6.58 Å². The largest absolute Gasteiger partial charge is 0.299 e. The molecule has 1 aliphatic rings. The van der Waals surface area contributed by atoms with Gasteiger partial charge < -0.3 is 0 Å². The summed E-state index contributed by atoms with van der Waals surface area (Å²) in [6.45, 7) is 5.71. The smallest absolute Gasteiger partial charge is 0.139 e. The van der Waals surface area contributed by atoms with Crippen LogP contribution in [0.4, 0.5) is 0 Å². The summed E-state index contributed by atoms with van der Waals surface area (Å²) in [5, 5.41) is 8.50. The Morgan fingerprint density at radius 3 is 3.08 bits per heavy atom. The zero-order valence-corrected chi connectivity index (χ0v) is 8.05. The minimum absolute atomic E-state index is 0.272. The van der Waals surface area contributed by atoms with E-state index in [2.05, 4.69) is 12.6 Å². The van der Waals surface area contributed by atoms with Crippen molar-refractivity contribution in [3.63, 3.8) is 0 Å². The number of ketones is 1. The number of Topliss-reactive ketones (excluding diaryl/α,β-unsaturated/α-hetero) is 1. The molecule has 2 atom stereocenters. The van der Waals surface area contributed by atoms with Gasteiger partial charge in [0.05, 0.1) is 6.07 Å². The van der Waals surface area contributed by atoms with Crippen molar-refractivity contribution in [2.45, 2.75) is 32.6 Å². The van der Waals surface area contributed by atoms with Crippen LogP contribution in [0.2, 0.25) is 0 Å². The second-order valence-corrected chi connectivity index (χ2v) is 3.88. The van der Waals surface area contributed by atoms with Crippen molar-refractivity contribution in [1.29, 1.82) is 5.26 Å². The number of rotatable bonds is 3. The number of allylic oxidation sites excluding steroid dienone is 1. The Morgan fingerprint density at radius 2 is 2.54 bits per heavy atom. The molecule has 0 N–H and O–H groups in total. The third-order valence-electron chi connectivity index (χ3n) is 3.18. The van der Waals surface area contributed by atoms with Crippen LogP contribution in [0, 0.1) is 22.7 Å². The molecule has 0 aromatic heterocycles. The average Bonchev–Trinajstić information content (AvgIpc) is 2.41. The zero-order chi connectivity index (χ0) is 9.90. The SMILES string of the molecule is C=C[C@@H]1CCC(=O)[C@@]1(C)CCC#N. The molecule has 2 nitrogen and oxygen atoms in total. The van der Waals surface area contributed by atoms with Crippen LogP contribution in [0.25, 0.3) is 0 Å². The van der Waals surface area contributed by atoms with Gasteiger partial charge in [0, 0.05) is 18.3 Å². The second kappa shape index (κ2) is 3.74. The number of carbonyl (C=O) groups excluding carboxylic acids is 1. The fourth-order valence-corrected chi connectivity index (χ4v) is 2.12. The van der Waals surface area contributed by atoms with E-state index in [0.717, 1.165) is 6.42 Å². The molecule has 2 heteroatoms. The molecule has 0 aromatic carbocycles. The van der Waals surface area contributed by atoms with Gasteiger partial charge in [-0.25, -0.2) is 0 Å². The molecule has 1 saturated carbocycles. The van der Waals surface area contributed by atoms with Crippen molar-refractivity contribution in [3.05, 3.63) is 12.7 Å². The summed E-state index contributed by atoms with van der Waals surface area (Å²) in [6.07, 6.45) is 4.57. The highest BCUT2D eigenvalue weighted by Gasteiger charge is 2.43. The lowest BCUT2D eigenvalue weighted by Crippen LogP contribution is -2.27. The van der Waals surface area contributed by atoms with E-state index in [1.165, 1.54) is 0 Å². The third kappa shape index (κ3) is 1.65. The highest BCUT2D eigenvalue weighted by atomic mass is 16.1. The summed E-state index contributed by atoms with van der Waals surface area (Å²) in [4.78, 5) is 11.6. The van der Waals surface area contributed by atoms with E-state index in [0.29, 0.717) is 25.0 Å². The van der Waals surface area contributed by atoms with E-state index in [1.807, 2.05) is 13.0 Å². The van der Waals surface area contributed by atoms with Gasteiger partial charge in [-0.05, 0) is 18.8 Å². The van der Waals surface area contributed by atoms with Crippen LogP contribution in [0.3, 0.4) is 0 Å². The van der Waals surface area contributed by atoms with Gasteiger partial charge in [0.15, 0.2) is 0 Å². The minimum atomic E-state index is -0.308. The maximum Gasteiger partial charge on any atom is 0.139 e. The first-order valence-electron chi connectivity index (χ1n) is 4.68. The van der Waals surface area contributed by atoms with Gasteiger partial charge in [-0.3, -0.25) is 4.79 Å². The summed E-state index contributed by atoms with van der Waals surface area (Å²) in [7, 11) is 0. The first-order chi connectivity index (χ1) is 6.15. The summed E-state index contributed by atoms with van der Waals surface area (Å²) in [6, 6.07) is 2.10.